The number of aromatic nitrogens is 1. The Kier molecular flexibility index (Phi) is 7.86. The summed E-state index contributed by atoms with van der Waals surface area (Å²) in [6.07, 6.45) is 2.56. The monoisotopic (exact) mass is 464 g/mol. The van der Waals surface area contributed by atoms with Gasteiger partial charge in [0.2, 0.25) is 0 Å². The number of carbonyl (C=O) groups is 1. The van der Waals surface area contributed by atoms with Crippen LogP contribution in [0.5, 0.6) is 5.75 Å². The number of phenols is 1. The average molecular weight is 464 g/mol. The Morgan fingerprint density at radius 2 is 1.97 bits per heavy atom. The van der Waals surface area contributed by atoms with Gasteiger partial charge in [0.15, 0.2) is 0 Å². The van der Waals surface area contributed by atoms with E-state index < -0.39 is 29.0 Å². The number of rotatable bonds is 5. The molecule has 3 aromatic rings. The van der Waals surface area contributed by atoms with Crippen LogP contribution < -0.4 is 5.32 Å². The number of pyridine rings is 1. The molecule has 176 valence electrons. The summed E-state index contributed by atoms with van der Waals surface area (Å²) in [5, 5.41) is 14.4. The number of alkyl halides is 3. The van der Waals surface area contributed by atoms with Gasteiger partial charge in [-0.1, -0.05) is 6.42 Å². The molecule has 0 unspecified atom stereocenters. The highest BCUT2D eigenvalue weighted by Gasteiger charge is 2.35. The molecule has 4 rings (SSSR count). The third-order valence-electron chi connectivity index (χ3n) is 5.35. The van der Waals surface area contributed by atoms with Gasteiger partial charge in [0.25, 0.3) is 0 Å². The molecule has 0 radical (unpaired) electrons. The fraction of sp³-hybridized carbons (Fsp3) is 0.333. The van der Waals surface area contributed by atoms with Crippen molar-refractivity contribution in [1.29, 1.82) is 0 Å². The highest BCUT2D eigenvalue weighted by Crippen LogP contribution is 2.34. The zero-order chi connectivity index (χ0) is 24.0. The maximum absolute atomic E-state index is 13.8. The molecule has 0 spiro atoms. The van der Waals surface area contributed by atoms with Crippen LogP contribution in [0.4, 0.5) is 17.6 Å². The van der Waals surface area contributed by atoms with Crippen LogP contribution in [0.25, 0.3) is 10.8 Å². The van der Waals surface area contributed by atoms with Crippen molar-refractivity contribution in [3.05, 3.63) is 71.3 Å². The molecular weight excluding hydrogens is 440 g/mol. The van der Waals surface area contributed by atoms with Crippen molar-refractivity contribution in [2.24, 2.45) is 0 Å². The van der Waals surface area contributed by atoms with Gasteiger partial charge in [0.1, 0.15) is 11.6 Å². The van der Waals surface area contributed by atoms with Gasteiger partial charge in [-0.2, -0.15) is 13.2 Å². The molecule has 1 aliphatic rings. The third-order valence-corrected chi connectivity index (χ3v) is 5.35. The third kappa shape index (κ3) is 6.19. The Bertz CT molecular complexity index is 1110. The van der Waals surface area contributed by atoms with Gasteiger partial charge in [0.05, 0.1) is 17.7 Å². The number of esters is 1. The van der Waals surface area contributed by atoms with E-state index in [9.17, 15) is 22.4 Å². The second kappa shape index (κ2) is 10.6. The molecule has 33 heavy (non-hydrogen) atoms. The number of nitrogens with zero attached hydrogens (tertiary/aromatic N) is 1. The molecule has 0 atom stereocenters. The number of ether oxygens (including phenoxy) is 1. The fourth-order valence-corrected chi connectivity index (χ4v) is 3.40. The van der Waals surface area contributed by atoms with Crippen LogP contribution >= 0.6 is 0 Å². The molecule has 1 heterocycles. The van der Waals surface area contributed by atoms with Crippen molar-refractivity contribution >= 4 is 16.7 Å². The van der Waals surface area contributed by atoms with Gasteiger partial charge in [-0.25, -0.2) is 9.18 Å². The highest BCUT2D eigenvalue weighted by atomic mass is 19.4. The molecule has 2 aromatic carbocycles. The van der Waals surface area contributed by atoms with Crippen molar-refractivity contribution in [2.75, 3.05) is 6.61 Å². The first kappa shape index (κ1) is 24.4. The van der Waals surface area contributed by atoms with E-state index in [4.69, 9.17) is 5.11 Å². The Morgan fingerprint density at radius 3 is 2.61 bits per heavy atom. The number of benzene rings is 2. The minimum atomic E-state index is -4.66. The topological polar surface area (TPSA) is 71.5 Å². The lowest BCUT2D eigenvalue weighted by atomic mass is 9.93. The van der Waals surface area contributed by atoms with E-state index in [1.165, 1.54) is 32.3 Å². The van der Waals surface area contributed by atoms with Gasteiger partial charge in [-0.3, -0.25) is 4.98 Å². The normalized spacial score (nSPS) is 13.7. The summed E-state index contributed by atoms with van der Waals surface area (Å²) in [6.45, 7) is 2.05. The predicted molar refractivity (Wildman–Crippen MR) is 115 cm³/mol. The lowest BCUT2D eigenvalue weighted by Crippen LogP contribution is -2.34. The van der Waals surface area contributed by atoms with E-state index in [1.807, 2.05) is 6.07 Å². The van der Waals surface area contributed by atoms with E-state index in [-0.39, 0.29) is 12.4 Å². The van der Waals surface area contributed by atoms with E-state index in [1.54, 1.807) is 18.5 Å². The van der Waals surface area contributed by atoms with Crippen molar-refractivity contribution < 1.29 is 32.2 Å². The lowest BCUT2D eigenvalue weighted by Gasteiger charge is -2.26. The molecule has 1 fully saturated rings. The van der Waals surface area contributed by atoms with Crippen molar-refractivity contribution in [3.63, 3.8) is 0 Å². The van der Waals surface area contributed by atoms with Crippen LogP contribution in [0.1, 0.15) is 47.7 Å². The molecule has 1 aliphatic carbocycles. The Balaban J connectivity index is 0.000000186. The zero-order valence-corrected chi connectivity index (χ0v) is 18.0. The van der Waals surface area contributed by atoms with E-state index in [0.29, 0.717) is 18.7 Å². The van der Waals surface area contributed by atoms with E-state index in [0.717, 1.165) is 28.5 Å². The minimum absolute atomic E-state index is 0.0359. The molecule has 0 amide bonds. The molecule has 5 nitrogen and oxygen atoms in total. The predicted octanol–water partition coefficient (Wildman–Crippen LogP) is 5.60. The SMILES string of the molecule is CCOC(=O)c1cc(O)ccc1C(F)(F)F.Fc1ccc2cnccc2c1CNC1CCC1. The van der Waals surface area contributed by atoms with Gasteiger partial charge in [-0.15, -0.1) is 0 Å². The number of carbonyl (C=O) groups excluding carboxylic acids is 1. The number of aromatic hydroxyl groups is 1. The zero-order valence-electron chi connectivity index (χ0n) is 18.0. The highest BCUT2D eigenvalue weighted by molar-refractivity contribution is 5.91. The first-order valence-corrected chi connectivity index (χ1v) is 10.5. The smallest absolute Gasteiger partial charge is 0.417 e. The van der Waals surface area contributed by atoms with Crippen molar-refractivity contribution in [3.8, 4) is 5.75 Å². The maximum Gasteiger partial charge on any atom is 0.417 e. The van der Waals surface area contributed by atoms with Gasteiger partial charge >= 0.3 is 12.1 Å². The van der Waals surface area contributed by atoms with E-state index in [2.05, 4.69) is 15.0 Å². The molecule has 9 heteroatoms. The van der Waals surface area contributed by atoms with Gasteiger partial charge < -0.3 is 15.2 Å². The second-order valence-electron chi connectivity index (χ2n) is 7.58. The molecule has 2 N–H and O–H groups in total. The Morgan fingerprint density at radius 1 is 1.21 bits per heavy atom. The van der Waals surface area contributed by atoms with Gasteiger partial charge in [0, 0.05) is 35.9 Å². The fourth-order valence-electron chi connectivity index (χ4n) is 3.40. The number of fused-ring (bicyclic) bond motifs is 1. The average Bonchev–Trinajstić information content (AvgIpc) is 2.74. The van der Waals surface area contributed by atoms with E-state index >= 15 is 0 Å². The molecule has 1 saturated carbocycles. The van der Waals surface area contributed by atoms with Crippen LogP contribution in [-0.2, 0) is 17.5 Å². The van der Waals surface area contributed by atoms with Gasteiger partial charge in [-0.05, 0) is 61.5 Å². The summed E-state index contributed by atoms with van der Waals surface area (Å²) in [5.74, 6) is -1.66. The first-order chi connectivity index (χ1) is 15.7. The summed E-state index contributed by atoms with van der Waals surface area (Å²) in [7, 11) is 0. The quantitative estimate of drug-likeness (QED) is 0.380. The van der Waals surface area contributed by atoms with Crippen LogP contribution in [-0.4, -0.2) is 28.7 Å². The second-order valence-corrected chi connectivity index (χ2v) is 7.58. The van der Waals surface area contributed by atoms with Crippen LogP contribution in [0.15, 0.2) is 48.8 Å². The Labute approximate surface area is 188 Å². The molecule has 0 saturated heterocycles. The van der Waals surface area contributed by atoms with Crippen molar-refractivity contribution in [2.45, 2.75) is 44.9 Å². The van der Waals surface area contributed by atoms with Crippen LogP contribution in [0, 0.1) is 5.82 Å². The van der Waals surface area contributed by atoms with Crippen molar-refractivity contribution in [1.82, 2.24) is 10.3 Å². The summed E-state index contributed by atoms with van der Waals surface area (Å²) in [4.78, 5) is 15.3. The largest absolute Gasteiger partial charge is 0.508 e. The number of halogens is 4. The standard InChI is InChI=1S/C14H15FN2.C10H9F3O3/c15-14-5-4-10-8-16-7-6-12(10)13(14)9-17-11-2-1-3-11;1-2-16-9(15)7-5-6(14)3-4-8(7)10(11,12)13/h4-8,11,17H,1-3,9H2;3-5,14H,2H2,1H3. The molecule has 0 bridgehead atoms. The molecule has 0 aliphatic heterocycles. The molecular formula is C24H24F4N2O3. The maximum atomic E-state index is 13.8. The van der Waals surface area contributed by atoms with Crippen LogP contribution in [0.3, 0.4) is 0 Å². The summed E-state index contributed by atoms with van der Waals surface area (Å²) in [5.41, 5.74) is -1.05. The summed E-state index contributed by atoms with van der Waals surface area (Å²) < 4.78 is 55.8. The number of nitrogens with one attached hydrogen (secondary N) is 1. The Hall–Kier alpha value is -3.20. The number of phenolic OH excluding ortho intramolecular Hbond substituents is 1. The number of hydrogen-bond donors (Lipinski definition) is 2. The minimum Gasteiger partial charge on any atom is -0.508 e. The molecule has 1 aromatic heterocycles. The number of hydrogen-bond acceptors (Lipinski definition) is 5. The summed E-state index contributed by atoms with van der Waals surface area (Å²) >= 11 is 0. The summed E-state index contributed by atoms with van der Waals surface area (Å²) in [6, 6.07) is 8.02. The van der Waals surface area contributed by atoms with Crippen LogP contribution in [0.2, 0.25) is 0 Å². The first-order valence-electron chi connectivity index (χ1n) is 10.5. The lowest BCUT2D eigenvalue weighted by molar-refractivity contribution is -0.138.